The Bertz CT molecular complexity index is 241. The molecule has 0 aliphatic rings. The third-order valence-electron chi connectivity index (χ3n) is 1.38. The van der Waals surface area contributed by atoms with Crippen LogP contribution < -0.4 is 0 Å². The van der Waals surface area contributed by atoms with E-state index in [1.807, 2.05) is 32.2 Å². The van der Waals surface area contributed by atoms with Crippen LogP contribution in [0.25, 0.3) is 0 Å². The van der Waals surface area contributed by atoms with Gasteiger partial charge in [-0.2, -0.15) is 0 Å². The molecule has 1 aromatic rings. The van der Waals surface area contributed by atoms with Gasteiger partial charge in [-0.25, -0.2) is 4.98 Å². The minimum Gasteiger partial charge on any atom is -0.248 e. The predicted molar refractivity (Wildman–Crippen MR) is 52.9 cm³/mol. The molecule has 0 amide bonds. The smallest absolute Gasteiger partial charge is 0.112 e. The van der Waals surface area contributed by atoms with Gasteiger partial charge in [0.25, 0.3) is 0 Å². The molecule has 0 aliphatic heterocycles. The van der Waals surface area contributed by atoms with E-state index in [0.29, 0.717) is 5.69 Å². The lowest BCUT2D eigenvalue weighted by Gasteiger charge is -1.93. The van der Waals surface area contributed by atoms with E-state index in [4.69, 9.17) is 6.42 Å². The molecule has 0 bridgehead atoms. The topological polar surface area (TPSA) is 12.9 Å². The summed E-state index contributed by atoms with van der Waals surface area (Å²) in [5.74, 6) is 2.47. The Morgan fingerprint density at radius 3 is 2.42 bits per heavy atom. The average Bonchev–Trinajstić information content (AvgIpc) is 2.21. The molecule has 0 aromatic carbocycles. The molecule has 1 rings (SSSR count). The number of aromatic nitrogens is 1. The fourth-order valence-electron chi connectivity index (χ4n) is 0.719. The molecule has 0 saturated carbocycles. The van der Waals surface area contributed by atoms with Crippen molar-refractivity contribution in [3.05, 3.63) is 29.6 Å². The van der Waals surface area contributed by atoms with Crippen molar-refractivity contribution in [1.29, 1.82) is 0 Å². The molecular weight excluding hydrogens is 146 g/mol. The zero-order valence-electron chi connectivity index (χ0n) is 7.96. The summed E-state index contributed by atoms with van der Waals surface area (Å²) < 4.78 is 0. The van der Waals surface area contributed by atoms with Crippen molar-refractivity contribution >= 4 is 0 Å². The molecule has 0 atom stereocenters. The average molecular weight is 161 g/mol. The fourth-order valence-corrected chi connectivity index (χ4v) is 0.719. The van der Waals surface area contributed by atoms with Crippen LogP contribution in [0.15, 0.2) is 18.3 Å². The molecule has 0 saturated heterocycles. The minimum atomic E-state index is 0.706. The lowest BCUT2D eigenvalue weighted by Crippen LogP contribution is -1.84. The summed E-state index contributed by atoms with van der Waals surface area (Å²) in [4.78, 5) is 4.03. The molecule has 0 aliphatic carbocycles. The summed E-state index contributed by atoms with van der Waals surface area (Å²) in [6.07, 6.45) is 7.96. The van der Waals surface area contributed by atoms with E-state index in [9.17, 15) is 0 Å². The van der Waals surface area contributed by atoms with Crippen LogP contribution >= 0.6 is 0 Å². The highest BCUT2D eigenvalue weighted by molar-refractivity contribution is 5.26. The Morgan fingerprint density at radius 2 is 2.08 bits per heavy atom. The second kappa shape index (κ2) is 6.42. The largest absolute Gasteiger partial charge is 0.248 e. The Morgan fingerprint density at radius 1 is 1.42 bits per heavy atom. The summed E-state index contributed by atoms with van der Waals surface area (Å²) >= 11 is 0. The normalized spacial score (nSPS) is 7.83. The van der Waals surface area contributed by atoms with Gasteiger partial charge in [0.15, 0.2) is 0 Å². The van der Waals surface area contributed by atoms with Crippen LogP contribution in [0.4, 0.5) is 0 Å². The SMILES string of the molecule is C#Cc1ccc(CC)cn1.CC. The maximum Gasteiger partial charge on any atom is 0.112 e. The van der Waals surface area contributed by atoms with E-state index in [2.05, 4.69) is 17.8 Å². The van der Waals surface area contributed by atoms with E-state index >= 15 is 0 Å². The minimum absolute atomic E-state index is 0.706. The van der Waals surface area contributed by atoms with Gasteiger partial charge in [-0.15, -0.1) is 6.42 Å². The first kappa shape index (κ1) is 10.7. The highest BCUT2D eigenvalue weighted by atomic mass is 14.7. The predicted octanol–water partition coefficient (Wildman–Crippen LogP) is 2.65. The van der Waals surface area contributed by atoms with Gasteiger partial charge in [0.05, 0.1) is 0 Å². The molecule has 0 spiro atoms. The lowest BCUT2D eigenvalue weighted by molar-refractivity contribution is 1.10. The molecule has 12 heavy (non-hydrogen) atoms. The van der Waals surface area contributed by atoms with Crippen molar-refractivity contribution in [1.82, 2.24) is 4.98 Å². The molecule has 0 unspecified atom stereocenters. The zero-order chi connectivity index (χ0) is 9.40. The number of rotatable bonds is 1. The summed E-state index contributed by atoms with van der Waals surface area (Å²) in [6.45, 7) is 6.09. The van der Waals surface area contributed by atoms with Crippen LogP contribution in [0.3, 0.4) is 0 Å². The zero-order valence-corrected chi connectivity index (χ0v) is 7.96. The van der Waals surface area contributed by atoms with E-state index in [1.54, 1.807) is 0 Å². The summed E-state index contributed by atoms with van der Waals surface area (Å²) in [6, 6.07) is 3.86. The summed E-state index contributed by atoms with van der Waals surface area (Å²) in [5, 5.41) is 0. The third-order valence-corrected chi connectivity index (χ3v) is 1.38. The van der Waals surface area contributed by atoms with Gasteiger partial charge in [-0.05, 0) is 18.1 Å². The summed E-state index contributed by atoms with van der Waals surface area (Å²) in [5.41, 5.74) is 1.93. The molecule has 0 N–H and O–H groups in total. The Balaban J connectivity index is 0.000000561. The van der Waals surface area contributed by atoms with Gasteiger partial charge in [-0.1, -0.05) is 32.8 Å². The number of terminal acetylenes is 1. The van der Waals surface area contributed by atoms with Crippen molar-refractivity contribution in [3.63, 3.8) is 0 Å². The maximum atomic E-state index is 5.13. The van der Waals surface area contributed by atoms with E-state index < -0.39 is 0 Å². The molecule has 0 radical (unpaired) electrons. The monoisotopic (exact) mass is 161 g/mol. The van der Waals surface area contributed by atoms with Crippen molar-refractivity contribution in [2.24, 2.45) is 0 Å². The number of aryl methyl sites for hydroxylation is 1. The van der Waals surface area contributed by atoms with E-state index in [1.165, 1.54) is 5.56 Å². The van der Waals surface area contributed by atoms with Crippen LogP contribution in [0.2, 0.25) is 0 Å². The number of hydrogen-bond donors (Lipinski definition) is 0. The highest BCUT2D eigenvalue weighted by Gasteiger charge is 1.88. The summed E-state index contributed by atoms with van der Waals surface area (Å²) in [7, 11) is 0. The first-order valence-corrected chi connectivity index (χ1v) is 4.28. The van der Waals surface area contributed by atoms with E-state index in [-0.39, 0.29) is 0 Å². The van der Waals surface area contributed by atoms with Crippen LogP contribution in [0.5, 0.6) is 0 Å². The maximum absolute atomic E-state index is 5.13. The van der Waals surface area contributed by atoms with Crippen LogP contribution in [-0.2, 0) is 6.42 Å². The van der Waals surface area contributed by atoms with Gasteiger partial charge in [0.1, 0.15) is 5.69 Å². The lowest BCUT2D eigenvalue weighted by atomic mass is 10.2. The molecule has 1 heteroatoms. The molecule has 64 valence electrons. The Hall–Kier alpha value is -1.29. The van der Waals surface area contributed by atoms with Crippen molar-refractivity contribution in [2.75, 3.05) is 0 Å². The van der Waals surface area contributed by atoms with Gasteiger partial charge in [-0.3, -0.25) is 0 Å². The molecule has 1 aromatic heterocycles. The van der Waals surface area contributed by atoms with Crippen molar-refractivity contribution in [2.45, 2.75) is 27.2 Å². The van der Waals surface area contributed by atoms with Gasteiger partial charge in [0, 0.05) is 6.20 Å². The van der Waals surface area contributed by atoms with Crippen molar-refractivity contribution < 1.29 is 0 Å². The standard InChI is InChI=1S/C9H9N.C2H6/c1-3-8-5-6-9(4-2)10-7-8;1-2/h2,5-7H,3H2,1H3;1-2H3. The number of pyridine rings is 1. The molecular formula is C11H15N. The van der Waals surface area contributed by atoms with E-state index in [0.717, 1.165) is 6.42 Å². The Kier molecular flexibility index (Phi) is 5.73. The van der Waals surface area contributed by atoms with Crippen molar-refractivity contribution in [3.8, 4) is 12.3 Å². The second-order valence-corrected chi connectivity index (χ2v) is 2.05. The molecule has 0 fully saturated rings. The molecule has 1 heterocycles. The van der Waals surface area contributed by atoms with Crippen LogP contribution in [0, 0.1) is 12.3 Å². The number of nitrogens with zero attached hydrogens (tertiary/aromatic N) is 1. The van der Waals surface area contributed by atoms with Crippen LogP contribution in [-0.4, -0.2) is 4.98 Å². The quantitative estimate of drug-likeness (QED) is 0.577. The van der Waals surface area contributed by atoms with Crippen LogP contribution in [0.1, 0.15) is 32.0 Å². The van der Waals surface area contributed by atoms with Gasteiger partial charge in [0.2, 0.25) is 0 Å². The fraction of sp³-hybridized carbons (Fsp3) is 0.364. The second-order valence-electron chi connectivity index (χ2n) is 2.05. The van der Waals surface area contributed by atoms with Gasteiger partial charge >= 0.3 is 0 Å². The first-order valence-electron chi connectivity index (χ1n) is 4.28. The Labute approximate surface area is 74.8 Å². The first-order chi connectivity index (χ1) is 5.86. The third kappa shape index (κ3) is 3.21. The van der Waals surface area contributed by atoms with Gasteiger partial charge < -0.3 is 0 Å². The highest BCUT2D eigenvalue weighted by Crippen LogP contribution is 1.98. The number of hydrogen-bond acceptors (Lipinski definition) is 1. The molecule has 1 nitrogen and oxygen atoms in total.